The first-order chi connectivity index (χ1) is 5.17. The predicted molar refractivity (Wildman–Crippen MR) is 43.8 cm³/mol. The van der Waals surface area contributed by atoms with Gasteiger partial charge in [-0.2, -0.15) is 0 Å². The molecule has 0 aliphatic carbocycles. The number of rotatable bonds is 1. The molecule has 0 amide bonds. The zero-order chi connectivity index (χ0) is 8.32. The molecule has 60 valence electrons. The molecule has 11 heavy (non-hydrogen) atoms. The Kier molecular flexibility index (Phi) is 2.49. The van der Waals surface area contributed by atoms with Crippen LogP contribution in [0.5, 0.6) is 0 Å². The van der Waals surface area contributed by atoms with Gasteiger partial charge in [0, 0.05) is 11.8 Å². The van der Waals surface area contributed by atoms with Crippen LogP contribution in [0.15, 0.2) is 39.1 Å². The minimum absolute atomic E-state index is 0.218. The fraction of sp³-hybridized carbons (Fsp3) is 0. The number of hydrogen-bond acceptors (Lipinski definition) is 2. The van der Waals surface area contributed by atoms with E-state index in [1.807, 2.05) is 0 Å². The average molecular weight is 192 g/mol. The lowest BCUT2D eigenvalue weighted by molar-refractivity contribution is 0.553. The summed E-state index contributed by atoms with van der Waals surface area (Å²) >= 11 is 4.93. The highest BCUT2D eigenvalue weighted by Crippen LogP contribution is 2.10. The Hall–Kier alpha value is -0.580. The van der Waals surface area contributed by atoms with E-state index in [4.69, 9.17) is 16.3 Å². The van der Waals surface area contributed by atoms with Crippen molar-refractivity contribution in [2.45, 2.75) is 4.90 Å². The van der Waals surface area contributed by atoms with Gasteiger partial charge in [0.05, 0.1) is 4.90 Å². The van der Waals surface area contributed by atoms with Gasteiger partial charge < -0.3 is 0 Å². The first-order valence-corrected chi connectivity index (χ1v) is 4.63. The molecule has 1 rings (SSSR count). The Labute approximate surface area is 70.1 Å². The van der Waals surface area contributed by atoms with Crippen LogP contribution >= 0.6 is 11.8 Å². The smallest absolute Gasteiger partial charge is 0.206 e. The molecule has 0 radical (unpaired) electrons. The van der Waals surface area contributed by atoms with Gasteiger partial charge in [-0.25, -0.2) is 4.21 Å². The lowest BCUT2D eigenvalue weighted by Crippen LogP contribution is -1.95. The highest BCUT2D eigenvalue weighted by molar-refractivity contribution is 7.88. The normalized spacial score (nSPS) is 15.5. The van der Waals surface area contributed by atoms with Crippen LogP contribution < -0.4 is 0 Å². The fourth-order valence-corrected chi connectivity index (χ4v) is 1.47. The van der Waals surface area contributed by atoms with Crippen molar-refractivity contribution in [3.05, 3.63) is 30.3 Å². The fourth-order valence-electron chi connectivity index (χ4n) is 0.638. The molecule has 1 aromatic rings. The van der Waals surface area contributed by atoms with Gasteiger partial charge in [0.1, 0.15) is 0 Å². The SMILES string of the molecule is O=S(O)(=NCl)c1ccccc1. The zero-order valence-electron chi connectivity index (χ0n) is 5.48. The van der Waals surface area contributed by atoms with Crippen molar-refractivity contribution in [3.63, 3.8) is 0 Å². The third-order valence-electron chi connectivity index (χ3n) is 1.14. The molecule has 1 unspecified atom stereocenters. The van der Waals surface area contributed by atoms with Crippen LogP contribution in [0, 0.1) is 0 Å². The predicted octanol–water partition coefficient (Wildman–Crippen LogP) is 2.14. The van der Waals surface area contributed by atoms with Gasteiger partial charge in [-0.1, -0.05) is 22.1 Å². The van der Waals surface area contributed by atoms with Gasteiger partial charge in [-0.15, -0.1) is 0 Å². The maximum atomic E-state index is 11.0. The molecule has 0 saturated heterocycles. The molecule has 0 aromatic heterocycles. The molecule has 0 aliphatic rings. The van der Waals surface area contributed by atoms with Crippen LogP contribution in [0.1, 0.15) is 0 Å². The van der Waals surface area contributed by atoms with Gasteiger partial charge in [0.25, 0.3) is 0 Å². The van der Waals surface area contributed by atoms with E-state index in [-0.39, 0.29) is 4.90 Å². The molecule has 1 aromatic carbocycles. The zero-order valence-corrected chi connectivity index (χ0v) is 7.05. The highest BCUT2D eigenvalue weighted by Gasteiger charge is 2.04. The van der Waals surface area contributed by atoms with Crippen LogP contribution in [0.2, 0.25) is 0 Å². The molecule has 1 atom stereocenters. The van der Waals surface area contributed by atoms with Gasteiger partial charge >= 0.3 is 0 Å². The third-order valence-corrected chi connectivity index (χ3v) is 2.78. The van der Waals surface area contributed by atoms with Crippen molar-refractivity contribution >= 4 is 21.8 Å². The molecule has 0 fully saturated rings. The number of hydrogen-bond donors (Lipinski definition) is 1. The summed E-state index contributed by atoms with van der Waals surface area (Å²) in [7, 11) is -3.36. The topological polar surface area (TPSA) is 49.7 Å². The summed E-state index contributed by atoms with van der Waals surface area (Å²) in [4.78, 5) is 0.218. The molecule has 0 heterocycles. The van der Waals surface area contributed by atoms with E-state index in [9.17, 15) is 4.21 Å². The Morgan fingerprint density at radius 1 is 1.36 bits per heavy atom. The monoisotopic (exact) mass is 191 g/mol. The molecule has 0 saturated carbocycles. The Morgan fingerprint density at radius 3 is 2.36 bits per heavy atom. The van der Waals surface area contributed by atoms with Crippen LogP contribution in [0.4, 0.5) is 0 Å². The van der Waals surface area contributed by atoms with Gasteiger partial charge in [-0.05, 0) is 12.1 Å². The summed E-state index contributed by atoms with van der Waals surface area (Å²) in [6.45, 7) is 0. The second kappa shape index (κ2) is 3.21. The van der Waals surface area contributed by atoms with Crippen molar-refractivity contribution in [2.24, 2.45) is 3.88 Å². The molecular weight excluding hydrogens is 186 g/mol. The average Bonchev–Trinajstić information content (AvgIpc) is 2.06. The molecule has 0 spiro atoms. The van der Waals surface area contributed by atoms with Gasteiger partial charge in [-0.3, -0.25) is 4.55 Å². The first-order valence-electron chi connectivity index (χ1n) is 2.82. The quantitative estimate of drug-likeness (QED) is 0.740. The van der Waals surface area contributed by atoms with Crippen molar-refractivity contribution in [1.82, 2.24) is 0 Å². The summed E-state index contributed by atoms with van der Waals surface area (Å²) in [5, 5.41) is 0. The van der Waals surface area contributed by atoms with Crippen molar-refractivity contribution < 1.29 is 8.76 Å². The molecule has 1 N–H and O–H groups in total. The molecule has 5 heteroatoms. The van der Waals surface area contributed by atoms with Crippen molar-refractivity contribution in [3.8, 4) is 0 Å². The minimum Gasteiger partial charge on any atom is -0.296 e. The third kappa shape index (κ3) is 1.92. The van der Waals surface area contributed by atoms with Crippen LogP contribution in [-0.4, -0.2) is 8.76 Å². The molecule has 0 aliphatic heterocycles. The number of benzene rings is 1. The minimum atomic E-state index is -3.36. The highest BCUT2D eigenvalue weighted by atomic mass is 35.5. The second-order valence-electron chi connectivity index (χ2n) is 1.88. The standard InChI is InChI=1S/C6H6ClNO2S/c7-8-11(9,10)6-4-2-1-3-5-6/h1-5H,(H,8,9,10). The Morgan fingerprint density at radius 2 is 1.91 bits per heavy atom. The Bertz CT molecular complexity index is 343. The van der Waals surface area contributed by atoms with Gasteiger partial charge in [0.2, 0.25) is 10.0 Å². The van der Waals surface area contributed by atoms with E-state index >= 15 is 0 Å². The second-order valence-corrected chi connectivity index (χ2v) is 3.90. The van der Waals surface area contributed by atoms with E-state index in [1.165, 1.54) is 12.1 Å². The Balaban J connectivity index is 3.25. The largest absolute Gasteiger partial charge is 0.296 e. The van der Waals surface area contributed by atoms with E-state index in [1.54, 1.807) is 18.2 Å². The molecule has 3 nitrogen and oxygen atoms in total. The maximum absolute atomic E-state index is 11.0. The van der Waals surface area contributed by atoms with Crippen LogP contribution in [0.25, 0.3) is 0 Å². The first kappa shape index (κ1) is 8.52. The molecule has 0 bridgehead atoms. The summed E-state index contributed by atoms with van der Waals surface area (Å²) in [6, 6.07) is 8.02. The van der Waals surface area contributed by atoms with Crippen molar-refractivity contribution in [1.29, 1.82) is 0 Å². The van der Waals surface area contributed by atoms with Crippen LogP contribution in [-0.2, 0) is 10.0 Å². The number of halogens is 1. The number of nitrogens with zero attached hydrogens (tertiary/aromatic N) is 1. The van der Waals surface area contributed by atoms with Crippen LogP contribution in [0.3, 0.4) is 0 Å². The maximum Gasteiger partial charge on any atom is 0.206 e. The lowest BCUT2D eigenvalue weighted by atomic mass is 10.4. The summed E-state index contributed by atoms with van der Waals surface area (Å²) in [5.41, 5.74) is 0. The van der Waals surface area contributed by atoms with Gasteiger partial charge in [0.15, 0.2) is 0 Å². The lowest BCUT2D eigenvalue weighted by Gasteiger charge is -1.97. The van der Waals surface area contributed by atoms with E-state index in [2.05, 4.69) is 3.88 Å². The van der Waals surface area contributed by atoms with E-state index < -0.39 is 10.0 Å². The molecular formula is C6H6ClNO2S. The van der Waals surface area contributed by atoms with E-state index in [0.717, 1.165) is 0 Å². The summed E-state index contributed by atoms with van der Waals surface area (Å²) in [5.74, 6) is 0. The van der Waals surface area contributed by atoms with Crippen molar-refractivity contribution in [2.75, 3.05) is 0 Å². The summed E-state index contributed by atoms with van der Waals surface area (Å²) < 4.78 is 22.9. The summed E-state index contributed by atoms with van der Waals surface area (Å²) in [6.07, 6.45) is 0. The van der Waals surface area contributed by atoms with E-state index in [0.29, 0.717) is 0 Å².